The van der Waals surface area contributed by atoms with Crippen molar-refractivity contribution in [1.82, 2.24) is 14.7 Å². The molecule has 1 atom stereocenters. The van der Waals surface area contributed by atoms with Gasteiger partial charge in [0.15, 0.2) is 5.82 Å². The highest BCUT2D eigenvalue weighted by molar-refractivity contribution is 5.84. The van der Waals surface area contributed by atoms with Crippen LogP contribution in [0.5, 0.6) is 0 Å². The number of hydrogen-bond acceptors (Lipinski definition) is 4. The molecule has 5 rings (SSSR count). The molecule has 0 bridgehead atoms. The molecule has 30 heavy (non-hydrogen) atoms. The Morgan fingerprint density at radius 3 is 2.57 bits per heavy atom. The van der Waals surface area contributed by atoms with Gasteiger partial charge in [-0.2, -0.15) is 0 Å². The van der Waals surface area contributed by atoms with Crippen molar-refractivity contribution in [2.24, 2.45) is 5.92 Å². The van der Waals surface area contributed by atoms with E-state index in [0.29, 0.717) is 17.2 Å². The van der Waals surface area contributed by atoms with Gasteiger partial charge in [-0.15, -0.1) is 0 Å². The Hall–Kier alpha value is -2.99. The summed E-state index contributed by atoms with van der Waals surface area (Å²) < 4.78 is 28.1. The summed E-state index contributed by atoms with van der Waals surface area (Å²) in [7, 11) is 0. The third kappa shape index (κ3) is 3.21. The maximum atomic E-state index is 15.1. The fourth-order valence-electron chi connectivity index (χ4n) is 4.69. The lowest BCUT2D eigenvalue weighted by atomic mass is 9.86. The molecule has 0 saturated carbocycles. The number of rotatable bonds is 4. The molecule has 0 unspecified atom stereocenters. The number of imidazole rings is 1. The third-order valence-electron chi connectivity index (χ3n) is 6.11. The van der Waals surface area contributed by atoms with Crippen LogP contribution in [0.15, 0.2) is 53.3 Å². The van der Waals surface area contributed by atoms with E-state index in [4.69, 9.17) is 9.26 Å². The van der Waals surface area contributed by atoms with Gasteiger partial charge in [-0.25, -0.2) is 9.37 Å². The zero-order valence-corrected chi connectivity index (χ0v) is 17.1. The van der Waals surface area contributed by atoms with E-state index in [-0.39, 0.29) is 11.9 Å². The van der Waals surface area contributed by atoms with Crippen LogP contribution in [0.25, 0.3) is 22.2 Å². The minimum Gasteiger partial charge on any atom is -0.381 e. The van der Waals surface area contributed by atoms with Crippen molar-refractivity contribution in [2.75, 3.05) is 13.2 Å². The second-order valence-corrected chi connectivity index (χ2v) is 7.98. The lowest BCUT2D eigenvalue weighted by Crippen LogP contribution is -2.26. The Labute approximate surface area is 174 Å². The molecule has 154 valence electrons. The SMILES string of the molecule is Cc1noc(C)c1-c1cc(F)c2ncn([C@@H](c3ccccc3)C3CCOCC3)c2c1. The topological polar surface area (TPSA) is 53.1 Å². The number of aryl methyl sites for hydroxylation is 2. The lowest BCUT2D eigenvalue weighted by Gasteiger charge is -2.32. The fraction of sp³-hybridized carbons (Fsp3) is 0.333. The van der Waals surface area contributed by atoms with Gasteiger partial charge in [0.25, 0.3) is 0 Å². The molecule has 4 aromatic rings. The maximum absolute atomic E-state index is 15.1. The van der Waals surface area contributed by atoms with Crippen molar-refractivity contribution in [3.8, 4) is 11.1 Å². The first kappa shape index (κ1) is 19.0. The Morgan fingerprint density at radius 1 is 1.10 bits per heavy atom. The number of ether oxygens (including phenoxy) is 1. The Kier molecular flexibility index (Phi) is 4.87. The number of halogens is 1. The highest BCUT2D eigenvalue weighted by Crippen LogP contribution is 2.38. The molecular weight excluding hydrogens is 381 g/mol. The second-order valence-electron chi connectivity index (χ2n) is 7.98. The van der Waals surface area contributed by atoms with Crippen LogP contribution in [-0.2, 0) is 4.74 Å². The number of nitrogens with zero attached hydrogens (tertiary/aromatic N) is 3. The van der Waals surface area contributed by atoms with E-state index in [0.717, 1.165) is 48.4 Å². The fourth-order valence-corrected chi connectivity index (χ4v) is 4.69. The van der Waals surface area contributed by atoms with Crippen LogP contribution in [0, 0.1) is 25.6 Å². The van der Waals surface area contributed by atoms with Crippen LogP contribution in [-0.4, -0.2) is 27.9 Å². The summed E-state index contributed by atoms with van der Waals surface area (Å²) in [5.74, 6) is 0.741. The molecule has 5 nitrogen and oxygen atoms in total. The normalized spacial score (nSPS) is 16.2. The molecule has 2 aromatic carbocycles. The molecule has 1 fully saturated rings. The van der Waals surface area contributed by atoms with Crippen LogP contribution >= 0.6 is 0 Å². The molecule has 0 aliphatic carbocycles. The van der Waals surface area contributed by atoms with Gasteiger partial charge < -0.3 is 13.8 Å². The van der Waals surface area contributed by atoms with E-state index >= 15 is 4.39 Å². The molecular formula is C24H24FN3O2. The summed E-state index contributed by atoms with van der Waals surface area (Å²) in [4.78, 5) is 4.44. The van der Waals surface area contributed by atoms with E-state index < -0.39 is 0 Å². The minimum atomic E-state index is -0.333. The average molecular weight is 405 g/mol. The van der Waals surface area contributed by atoms with Gasteiger partial charge in [0.1, 0.15) is 11.3 Å². The quantitative estimate of drug-likeness (QED) is 0.452. The summed E-state index contributed by atoms with van der Waals surface area (Å²) in [6.45, 7) is 5.22. The van der Waals surface area contributed by atoms with Gasteiger partial charge in [-0.1, -0.05) is 35.5 Å². The zero-order valence-electron chi connectivity index (χ0n) is 17.1. The van der Waals surface area contributed by atoms with Crippen LogP contribution < -0.4 is 0 Å². The highest BCUT2D eigenvalue weighted by Gasteiger charge is 2.29. The summed E-state index contributed by atoms with van der Waals surface area (Å²) in [5.41, 5.74) is 4.72. The zero-order chi connectivity index (χ0) is 20.7. The van der Waals surface area contributed by atoms with Crippen molar-refractivity contribution < 1.29 is 13.7 Å². The molecule has 3 heterocycles. The monoisotopic (exact) mass is 405 g/mol. The smallest absolute Gasteiger partial charge is 0.151 e. The Balaban J connectivity index is 1.70. The average Bonchev–Trinajstić information content (AvgIpc) is 3.33. The number of fused-ring (bicyclic) bond motifs is 1. The van der Waals surface area contributed by atoms with E-state index in [9.17, 15) is 0 Å². The van der Waals surface area contributed by atoms with E-state index in [1.54, 1.807) is 6.33 Å². The van der Waals surface area contributed by atoms with E-state index in [1.165, 1.54) is 11.6 Å². The summed E-state index contributed by atoms with van der Waals surface area (Å²) in [6, 6.07) is 14.0. The van der Waals surface area contributed by atoms with Gasteiger partial charge in [-0.3, -0.25) is 0 Å². The lowest BCUT2D eigenvalue weighted by molar-refractivity contribution is 0.0547. The number of benzene rings is 2. The molecule has 2 aromatic heterocycles. The van der Waals surface area contributed by atoms with Crippen LogP contribution in [0.2, 0.25) is 0 Å². The summed E-state index contributed by atoms with van der Waals surface area (Å²) in [5, 5.41) is 4.03. The second kappa shape index (κ2) is 7.69. The molecule has 1 aliphatic rings. The Bertz CT molecular complexity index is 1160. The van der Waals surface area contributed by atoms with Crippen molar-refractivity contribution in [3.63, 3.8) is 0 Å². The summed E-state index contributed by atoms with van der Waals surface area (Å²) >= 11 is 0. The summed E-state index contributed by atoms with van der Waals surface area (Å²) in [6.07, 6.45) is 3.70. The van der Waals surface area contributed by atoms with Gasteiger partial charge in [0.05, 0.1) is 23.6 Å². The first-order chi connectivity index (χ1) is 14.6. The molecule has 1 aliphatic heterocycles. The maximum Gasteiger partial charge on any atom is 0.151 e. The van der Waals surface area contributed by atoms with Crippen LogP contribution in [0.3, 0.4) is 0 Å². The van der Waals surface area contributed by atoms with Crippen molar-refractivity contribution in [1.29, 1.82) is 0 Å². The van der Waals surface area contributed by atoms with Crippen molar-refractivity contribution in [3.05, 3.63) is 71.6 Å². The minimum absolute atomic E-state index is 0.0689. The number of hydrogen-bond donors (Lipinski definition) is 0. The van der Waals surface area contributed by atoms with Crippen LogP contribution in [0.1, 0.15) is 35.9 Å². The molecule has 0 spiro atoms. The largest absolute Gasteiger partial charge is 0.381 e. The van der Waals surface area contributed by atoms with Gasteiger partial charge in [0.2, 0.25) is 0 Å². The molecule has 0 amide bonds. The molecule has 0 radical (unpaired) electrons. The Morgan fingerprint density at radius 2 is 1.87 bits per heavy atom. The van der Waals surface area contributed by atoms with Gasteiger partial charge in [-0.05, 0) is 55.9 Å². The highest BCUT2D eigenvalue weighted by atomic mass is 19.1. The molecule has 6 heteroatoms. The molecule has 0 N–H and O–H groups in total. The third-order valence-corrected chi connectivity index (χ3v) is 6.11. The predicted octanol–water partition coefficient (Wildman–Crippen LogP) is 5.46. The van der Waals surface area contributed by atoms with Crippen molar-refractivity contribution >= 4 is 11.0 Å². The van der Waals surface area contributed by atoms with Crippen molar-refractivity contribution in [2.45, 2.75) is 32.7 Å². The predicted molar refractivity (Wildman–Crippen MR) is 113 cm³/mol. The van der Waals surface area contributed by atoms with Gasteiger partial charge in [0, 0.05) is 18.8 Å². The first-order valence-electron chi connectivity index (χ1n) is 10.4. The van der Waals surface area contributed by atoms with E-state index in [2.05, 4.69) is 39.0 Å². The van der Waals surface area contributed by atoms with Gasteiger partial charge >= 0.3 is 0 Å². The van der Waals surface area contributed by atoms with Crippen LogP contribution in [0.4, 0.5) is 4.39 Å². The number of aromatic nitrogens is 3. The standard InChI is InChI=1S/C24H24FN3O2/c1-15-22(16(2)30-27-15)19-12-20(25)23-21(13-19)28(14-26-23)24(17-6-4-3-5-7-17)18-8-10-29-11-9-18/h3-7,12-14,18,24H,8-11H2,1-2H3/t24-/m0/s1. The first-order valence-corrected chi connectivity index (χ1v) is 10.4. The molecule has 1 saturated heterocycles. The van der Waals surface area contributed by atoms with E-state index in [1.807, 2.05) is 26.0 Å².